The molecular weight excluding hydrogens is 306 g/mol. The molecule has 24 heavy (non-hydrogen) atoms. The predicted octanol–water partition coefficient (Wildman–Crippen LogP) is 1.40. The van der Waals surface area contributed by atoms with Crippen molar-refractivity contribution in [1.29, 1.82) is 0 Å². The number of nitrogens with one attached hydrogen (secondary N) is 2. The zero-order valence-corrected chi connectivity index (χ0v) is 14.2. The number of amides is 2. The second-order valence-corrected chi connectivity index (χ2v) is 6.23. The van der Waals surface area contributed by atoms with Gasteiger partial charge in [-0.1, -0.05) is 0 Å². The van der Waals surface area contributed by atoms with E-state index in [2.05, 4.69) is 15.3 Å². The largest absolute Gasteiger partial charge is 0.357 e. The van der Waals surface area contributed by atoms with Crippen LogP contribution < -0.4 is 5.32 Å². The van der Waals surface area contributed by atoms with Crippen molar-refractivity contribution >= 4 is 11.8 Å². The maximum atomic E-state index is 12.3. The van der Waals surface area contributed by atoms with Crippen molar-refractivity contribution in [1.82, 2.24) is 24.8 Å². The summed E-state index contributed by atoms with van der Waals surface area (Å²) in [5, 5.41) is 2.96. The summed E-state index contributed by atoms with van der Waals surface area (Å²) in [6.45, 7) is 4.94. The molecule has 0 unspecified atom stereocenters. The van der Waals surface area contributed by atoms with Crippen LogP contribution in [0, 0.1) is 12.8 Å². The summed E-state index contributed by atoms with van der Waals surface area (Å²) in [4.78, 5) is 33.9. The Morgan fingerprint density at radius 1 is 1.50 bits per heavy atom. The topological polar surface area (TPSA) is 83.0 Å². The van der Waals surface area contributed by atoms with E-state index in [0.29, 0.717) is 25.2 Å². The highest BCUT2D eigenvalue weighted by molar-refractivity contribution is 5.93. The minimum absolute atomic E-state index is 0.0118. The lowest BCUT2D eigenvalue weighted by Gasteiger charge is -2.27. The summed E-state index contributed by atoms with van der Waals surface area (Å²) in [6, 6.07) is 1.76. The molecule has 0 bridgehead atoms. The first-order valence-electron chi connectivity index (χ1n) is 8.21. The van der Waals surface area contributed by atoms with Gasteiger partial charge in [-0.2, -0.15) is 0 Å². The normalized spacial score (nSPS) is 20.6. The highest BCUT2D eigenvalue weighted by atomic mass is 16.2. The zero-order chi connectivity index (χ0) is 17.3. The number of aromatic nitrogens is 3. The number of aromatic amines is 1. The van der Waals surface area contributed by atoms with Crippen molar-refractivity contribution in [3.63, 3.8) is 0 Å². The highest BCUT2D eigenvalue weighted by Crippen LogP contribution is 2.36. The van der Waals surface area contributed by atoms with Crippen LogP contribution in [0.4, 0.5) is 0 Å². The van der Waals surface area contributed by atoms with E-state index in [4.69, 9.17) is 0 Å². The summed E-state index contributed by atoms with van der Waals surface area (Å²) >= 11 is 0. The fraction of sp³-hybridized carbons (Fsp3) is 0.471. The second-order valence-electron chi connectivity index (χ2n) is 6.23. The molecule has 2 aromatic rings. The van der Waals surface area contributed by atoms with Crippen LogP contribution in [-0.2, 0) is 11.8 Å². The van der Waals surface area contributed by atoms with Gasteiger partial charge in [-0.05, 0) is 25.5 Å². The first kappa shape index (κ1) is 16.3. The van der Waals surface area contributed by atoms with Crippen LogP contribution in [0.3, 0.4) is 0 Å². The van der Waals surface area contributed by atoms with Crippen molar-refractivity contribution in [2.24, 2.45) is 13.0 Å². The molecule has 2 amide bonds. The number of hydrogen-bond donors (Lipinski definition) is 2. The van der Waals surface area contributed by atoms with Crippen LogP contribution in [0.15, 0.2) is 24.7 Å². The number of likely N-dealkylation sites (tertiary alicyclic amines) is 1. The number of nitrogens with zero attached hydrogens (tertiary/aromatic N) is 3. The molecule has 1 fully saturated rings. The molecule has 0 saturated carbocycles. The Bertz CT molecular complexity index is 748. The number of H-pyrrole nitrogens is 1. The molecule has 2 N–H and O–H groups in total. The van der Waals surface area contributed by atoms with E-state index in [1.54, 1.807) is 12.4 Å². The van der Waals surface area contributed by atoms with Crippen molar-refractivity contribution in [3.8, 4) is 0 Å². The average molecular weight is 329 g/mol. The van der Waals surface area contributed by atoms with Gasteiger partial charge in [-0.25, -0.2) is 4.98 Å². The minimum atomic E-state index is -0.140. The monoisotopic (exact) mass is 329 g/mol. The fourth-order valence-electron chi connectivity index (χ4n) is 3.44. The molecule has 0 spiro atoms. The van der Waals surface area contributed by atoms with Gasteiger partial charge in [0, 0.05) is 51.1 Å². The van der Waals surface area contributed by atoms with Crippen LogP contribution in [0.5, 0.6) is 0 Å². The summed E-state index contributed by atoms with van der Waals surface area (Å²) < 4.78 is 1.94. The van der Waals surface area contributed by atoms with E-state index in [1.807, 2.05) is 42.6 Å². The lowest BCUT2D eigenvalue weighted by molar-refractivity contribution is -0.128. The fourth-order valence-corrected chi connectivity index (χ4v) is 3.44. The van der Waals surface area contributed by atoms with Crippen LogP contribution in [0.2, 0.25) is 0 Å². The van der Waals surface area contributed by atoms with Crippen LogP contribution >= 0.6 is 0 Å². The van der Waals surface area contributed by atoms with E-state index in [9.17, 15) is 9.59 Å². The van der Waals surface area contributed by atoms with Crippen molar-refractivity contribution in [3.05, 3.63) is 41.7 Å². The first-order chi connectivity index (χ1) is 11.5. The molecule has 1 aliphatic rings. The van der Waals surface area contributed by atoms with Gasteiger partial charge in [0.25, 0.3) is 5.91 Å². The van der Waals surface area contributed by atoms with Crippen molar-refractivity contribution in [2.75, 3.05) is 13.1 Å². The quantitative estimate of drug-likeness (QED) is 0.870. The van der Waals surface area contributed by atoms with E-state index >= 15 is 0 Å². The SMILES string of the molecule is CCN1C(=O)C[C@@H](CNC(=O)c2[nH]ccc2C)[C@@H]1c1nccn1C. The van der Waals surface area contributed by atoms with Gasteiger partial charge in [0.05, 0.1) is 6.04 Å². The van der Waals surface area contributed by atoms with E-state index in [1.165, 1.54) is 0 Å². The van der Waals surface area contributed by atoms with Crippen molar-refractivity contribution < 1.29 is 9.59 Å². The predicted molar refractivity (Wildman–Crippen MR) is 89.3 cm³/mol. The molecule has 3 rings (SSSR count). The highest BCUT2D eigenvalue weighted by Gasteiger charge is 2.41. The van der Waals surface area contributed by atoms with E-state index < -0.39 is 0 Å². The Morgan fingerprint density at radius 2 is 2.29 bits per heavy atom. The van der Waals surface area contributed by atoms with Crippen LogP contribution in [0.25, 0.3) is 0 Å². The number of carbonyl (C=O) groups excluding carboxylic acids is 2. The molecule has 7 nitrogen and oxygen atoms in total. The standard InChI is InChI=1S/C17H23N5O2/c1-4-22-13(23)9-12(15(22)16-19-7-8-21(16)3)10-20-17(24)14-11(2)5-6-18-14/h5-8,12,15,18H,4,9-10H2,1-3H3,(H,20,24)/t12-,15+/m0/s1. The maximum Gasteiger partial charge on any atom is 0.267 e. The molecule has 2 aromatic heterocycles. The smallest absolute Gasteiger partial charge is 0.267 e. The summed E-state index contributed by atoms with van der Waals surface area (Å²) in [5.41, 5.74) is 1.48. The molecule has 1 aliphatic heterocycles. The summed E-state index contributed by atoms with van der Waals surface area (Å²) in [6.07, 6.45) is 5.79. The molecule has 2 atom stereocenters. The minimum Gasteiger partial charge on any atom is -0.357 e. The van der Waals surface area contributed by atoms with Crippen LogP contribution in [-0.4, -0.2) is 44.3 Å². The van der Waals surface area contributed by atoms with Gasteiger partial charge >= 0.3 is 0 Å². The number of imidazole rings is 1. The lowest BCUT2D eigenvalue weighted by Crippen LogP contribution is -2.35. The molecule has 128 valence electrons. The Morgan fingerprint density at radius 3 is 2.88 bits per heavy atom. The van der Waals surface area contributed by atoms with Crippen molar-refractivity contribution in [2.45, 2.75) is 26.3 Å². The molecule has 3 heterocycles. The zero-order valence-electron chi connectivity index (χ0n) is 14.2. The summed E-state index contributed by atoms with van der Waals surface area (Å²) in [7, 11) is 1.93. The average Bonchev–Trinajstić information content (AvgIpc) is 3.23. The number of carbonyl (C=O) groups is 2. The number of aryl methyl sites for hydroxylation is 2. The number of rotatable bonds is 5. The van der Waals surface area contributed by atoms with E-state index in [-0.39, 0.29) is 23.8 Å². The van der Waals surface area contributed by atoms with Gasteiger partial charge in [0.2, 0.25) is 5.91 Å². The Kier molecular flexibility index (Phi) is 4.42. The van der Waals surface area contributed by atoms with E-state index in [0.717, 1.165) is 11.4 Å². The molecule has 0 radical (unpaired) electrons. The maximum absolute atomic E-state index is 12.3. The second kappa shape index (κ2) is 6.51. The Hall–Kier alpha value is -2.57. The van der Waals surface area contributed by atoms with Gasteiger partial charge in [-0.3, -0.25) is 9.59 Å². The molecule has 7 heteroatoms. The first-order valence-corrected chi connectivity index (χ1v) is 8.21. The third-order valence-corrected chi connectivity index (χ3v) is 4.71. The van der Waals surface area contributed by atoms with Crippen LogP contribution in [0.1, 0.15) is 41.3 Å². The molecule has 0 aromatic carbocycles. The third-order valence-electron chi connectivity index (χ3n) is 4.71. The molecular formula is C17H23N5O2. The van der Waals surface area contributed by atoms with Gasteiger partial charge in [-0.15, -0.1) is 0 Å². The lowest BCUT2D eigenvalue weighted by atomic mass is 9.99. The van der Waals surface area contributed by atoms with Gasteiger partial charge in [0.15, 0.2) is 0 Å². The van der Waals surface area contributed by atoms with Gasteiger partial charge in [0.1, 0.15) is 11.5 Å². The molecule has 1 saturated heterocycles. The number of hydrogen-bond acceptors (Lipinski definition) is 3. The Balaban J connectivity index is 1.76. The summed E-state index contributed by atoms with van der Waals surface area (Å²) in [5.74, 6) is 0.843. The Labute approximate surface area is 141 Å². The third kappa shape index (κ3) is 2.81. The molecule has 0 aliphatic carbocycles. The van der Waals surface area contributed by atoms with Gasteiger partial charge < -0.3 is 19.8 Å².